The summed E-state index contributed by atoms with van der Waals surface area (Å²) < 4.78 is 15.5. The van der Waals surface area contributed by atoms with Crippen LogP contribution in [0.25, 0.3) is 0 Å². The first-order valence-electron chi connectivity index (χ1n) is 7.79. The summed E-state index contributed by atoms with van der Waals surface area (Å²) in [6.45, 7) is 1.52. The van der Waals surface area contributed by atoms with E-state index in [9.17, 15) is 9.59 Å². The number of carbonyl (C=O) groups is 2. The number of hydrogen-bond donors (Lipinski definition) is 1. The van der Waals surface area contributed by atoms with Gasteiger partial charge in [-0.05, 0) is 12.5 Å². The highest BCUT2D eigenvalue weighted by molar-refractivity contribution is 5.95. The van der Waals surface area contributed by atoms with Crippen LogP contribution in [0.15, 0.2) is 48.5 Å². The first-order valence-corrected chi connectivity index (χ1v) is 7.79. The molecule has 0 heterocycles. The number of methoxy groups -OCH3 is 2. The molecule has 1 atom stereocenters. The van der Waals surface area contributed by atoms with Crippen LogP contribution in [0.5, 0.6) is 11.5 Å². The zero-order valence-corrected chi connectivity index (χ0v) is 14.4. The maximum Gasteiger partial charge on any atom is 0.311 e. The molecule has 0 saturated heterocycles. The second kappa shape index (κ2) is 8.73. The molecule has 132 valence electrons. The van der Waals surface area contributed by atoms with Crippen LogP contribution in [0.2, 0.25) is 0 Å². The molecule has 0 bridgehead atoms. The molecule has 2 aromatic carbocycles. The van der Waals surface area contributed by atoms with E-state index in [4.69, 9.17) is 14.2 Å². The summed E-state index contributed by atoms with van der Waals surface area (Å²) in [5.74, 6) is 0.195. The second-order valence-corrected chi connectivity index (χ2v) is 5.39. The lowest BCUT2D eigenvalue weighted by molar-refractivity contribution is -0.152. The van der Waals surface area contributed by atoms with E-state index in [0.717, 1.165) is 5.56 Å². The van der Waals surface area contributed by atoms with Gasteiger partial charge < -0.3 is 19.5 Å². The van der Waals surface area contributed by atoms with Crippen molar-refractivity contribution in [1.29, 1.82) is 0 Å². The number of amides is 1. The van der Waals surface area contributed by atoms with Crippen LogP contribution in [0.4, 0.5) is 5.69 Å². The highest BCUT2D eigenvalue weighted by atomic mass is 16.5. The van der Waals surface area contributed by atoms with Gasteiger partial charge in [-0.2, -0.15) is 0 Å². The van der Waals surface area contributed by atoms with E-state index in [1.54, 1.807) is 18.2 Å². The smallest absolute Gasteiger partial charge is 0.311 e. The summed E-state index contributed by atoms with van der Waals surface area (Å²) in [5.41, 5.74) is 1.32. The zero-order valence-electron chi connectivity index (χ0n) is 14.4. The molecule has 0 aliphatic carbocycles. The normalized spacial score (nSPS) is 11.3. The van der Waals surface area contributed by atoms with Crippen molar-refractivity contribution in [2.75, 3.05) is 19.5 Å². The third-order valence-corrected chi connectivity index (χ3v) is 3.49. The standard InChI is InChI=1S/C19H21NO5/c1-13(25-18(21)9-14-7-5-4-6-8-14)19(22)20-15-10-16(23-2)12-17(11-15)24-3/h4-8,10-13H,9H2,1-3H3,(H,20,22)/t13-/m1/s1. The third-order valence-electron chi connectivity index (χ3n) is 3.49. The van der Waals surface area contributed by atoms with Crippen molar-refractivity contribution < 1.29 is 23.8 Å². The lowest BCUT2D eigenvalue weighted by Gasteiger charge is -2.15. The quantitative estimate of drug-likeness (QED) is 0.783. The Balaban J connectivity index is 1.95. The Kier molecular flexibility index (Phi) is 6.39. The molecule has 0 unspecified atom stereocenters. The van der Waals surface area contributed by atoms with Gasteiger partial charge >= 0.3 is 5.97 Å². The monoisotopic (exact) mass is 343 g/mol. The fraction of sp³-hybridized carbons (Fsp3) is 0.263. The Morgan fingerprint density at radius 1 is 1.00 bits per heavy atom. The van der Waals surface area contributed by atoms with Gasteiger partial charge in [-0.3, -0.25) is 9.59 Å². The van der Waals surface area contributed by atoms with E-state index in [1.165, 1.54) is 21.1 Å². The van der Waals surface area contributed by atoms with E-state index in [2.05, 4.69) is 5.32 Å². The van der Waals surface area contributed by atoms with Crippen LogP contribution in [-0.2, 0) is 20.7 Å². The number of anilines is 1. The van der Waals surface area contributed by atoms with Crippen LogP contribution in [0.1, 0.15) is 12.5 Å². The molecule has 2 aromatic rings. The molecule has 0 aliphatic rings. The molecule has 6 heteroatoms. The Labute approximate surface area is 146 Å². The Hall–Kier alpha value is -3.02. The molecule has 0 fully saturated rings. The number of carbonyl (C=O) groups excluding carboxylic acids is 2. The Morgan fingerprint density at radius 2 is 1.60 bits per heavy atom. The van der Waals surface area contributed by atoms with E-state index in [1.807, 2.05) is 30.3 Å². The molecule has 0 aromatic heterocycles. The minimum Gasteiger partial charge on any atom is -0.497 e. The van der Waals surface area contributed by atoms with Crippen molar-refractivity contribution in [3.8, 4) is 11.5 Å². The first kappa shape index (κ1) is 18.3. The molecule has 0 saturated carbocycles. The van der Waals surface area contributed by atoms with Gasteiger partial charge in [0.2, 0.25) is 0 Å². The second-order valence-electron chi connectivity index (χ2n) is 5.39. The fourth-order valence-corrected chi connectivity index (χ4v) is 2.18. The molecular formula is C19H21NO5. The summed E-state index contributed by atoms with van der Waals surface area (Å²) >= 11 is 0. The summed E-state index contributed by atoms with van der Waals surface area (Å²) in [5, 5.41) is 2.68. The Bertz CT molecular complexity index is 708. The van der Waals surface area contributed by atoms with Gasteiger partial charge in [0.15, 0.2) is 6.10 Å². The number of esters is 1. The highest BCUT2D eigenvalue weighted by Crippen LogP contribution is 2.25. The van der Waals surface area contributed by atoms with Crippen LogP contribution >= 0.6 is 0 Å². The number of benzene rings is 2. The molecule has 0 radical (unpaired) electrons. The van der Waals surface area contributed by atoms with Gasteiger partial charge in [0.05, 0.1) is 20.6 Å². The molecular weight excluding hydrogens is 322 g/mol. The lowest BCUT2D eigenvalue weighted by atomic mass is 10.1. The van der Waals surface area contributed by atoms with Crippen molar-refractivity contribution in [3.63, 3.8) is 0 Å². The molecule has 0 aliphatic heterocycles. The van der Waals surface area contributed by atoms with Gasteiger partial charge in [-0.15, -0.1) is 0 Å². The van der Waals surface area contributed by atoms with E-state index in [0.29, 0.717) is 17.2 Å². The summed E-state index contributed by atoms with van der Waals surface area (Å²) in [7, 11) is 3.04. The summed E-state index contributed by atoms with van der Waals surface area (Å²) in [6, 6.07) is 14.2. The largest absolute Gasteiger partial charge is 0.497 e. The molecule has 1 amide bonds. The van der Waals surface area contributed by atoms with Gasteiger partial charge in [0.25, 0.3) is 5.91 Å². The molecule has 6 nitrogen and oxygen atoms in total. The highest BCUT2D eigenvalue weighted by Gasteiger charge is 2.18. The molecule has 2 rings (SSSR count). The number of hydrogen-bond acceptors (Lipinski definition) is 5. The minimum absolute atomic E-state index is 0.117. The maximum absolute atomic E-state index is 12.2. The number of rotatable bonds is 7. The molecule has 0 spiro atoms. The third kappa shape index (κ3) is 5.53. The number of ether oxygens (including phenoxy) is 3. The minimum atomic E-state index is -0.923. The lowest BCUT2D eigenvalue weighted by Crippen LogP contribution is -2.30. The van der Waals surface area contributed by atoms with Crippen molar-refractivity contribution in [1.82, 2.24) is 0 Å². The van der Waals surface area contributed by atoms with Crippen LogP contribution in [0.3, 0.4) is 0 Å². The predicted molar refractivity (Wildman–Crippen MR) is 93.9 cm³/mol. The van der Waals surface area contributed by atoms with E-state index in [-0.39, 0.29) is 6.42 Å². The van der Waals surface area contributed by atoms with E-state index >= 15 is 0 Å². The SMILES string of the molecule is COc1cc(NC(=O)[C@@H](C)OC(=O)Cc2ccccc2)cc(OC)c1. The van der Waals surface area contributed by atoms with Crippen molar-refractivity contribution in [3.05, 3.63) is 54.1 Å². The number of nitrogens with one attached hydrogen (secondary N) is 1. The van der Waals surface area contributed by atoms with Crippen LogP contribution in [-0.4, -0.2) is 32.2 Å². The van der Waals surface area contributed by atoms with Crippen molar-refractivity contribution in [2.45, 2.75) is 19.4 Å². The summed E-state index contributed by atoms with van der Waals surface area (Å²) in [4.78, 5) is 24.2. The van der Waals surface area contributed by atoms with Gasteiger partial charge in [0, 0.05) is 23.9 Å². The maximum atomic E-state index is 12.2. The zero-order chi connectivity index (χ0) is 18.2. The fourth-order valence-electron chi connectivity index (χ4n) is 2.18. The topological polar surface area (TPSA) is 73.9 Å². The van der Waals surface area contributed by atoms with Gasteiger partial charge in [0.1, 0.15) is 11.5 Å². The van der Waals surface area contributed by atoms with Crippen molar-refractivity contribution >= 4 is 17.6 Å². The average molecular weight is 343 g/mol. The first-order chi connectivity index (χ1) is 12.0. The predicted octanol–water partition coefficient (Wildman–Crippen LogP) is 2.82. The van der Waals surface area contributed by atoms with Crippen LogP contribution < -0.4 is 14.8 Å². The van der Waals surface area contributed by atoms with Crippen molar-refractivity contribution in [2.24, 2.45) is 0 Å². The van der Waals surface area contributed by atoms with Gasteiger partial charge in [-0.25, -0.2) is 0 Å². The van der Waals surface area contributed by atoms with E-state index < -0.39 is 18.0 Å². The average Bonchev–Trinajstić information content (AvgIpc) is 2.61. The molecule has 1 N–H and O–H groups in total. The molecule has 25 heavy (non-hydrogen) atoms. The van der Waals surface area contributed by atoms with Gasteiger partial charge in [-0.1, -0.05) is 30.3 Å². The Morgan fingerprint density at radius 3 is 2.16 bits per heavy atom. The van der Waals surface area contributed by atoms with Crippen LogP contribution in [0, 0.1) is 0 Å². The summed E-state index contributed by atoms with van der Waals surface area (Å²) in [6.07, 6.45) is -0.806.